The Balaban J connectivity index is 2.40. The predicted molar refractivity (Wildman–Crippen MR) is 32.5 cm³/mol. The van der Waals surface area contributed by atoms with Crippen LogP contribution in [0, 0.1) is 0 Å². The topological polar surface area (TPSA) is 0 Å². The molecule has 30 valence electrons. The molecule has 0 aliphatic rings. The van der Waals surface area contributed by atoms with Crippen LogP contribution in [0.2, 0.25) is 6.04 Å². The van der Waals surface area contributed by atoms with Crippen molar-refractivity contribution in [3.63, 3.8) is 0 Å². The van der Waals surface area contributed by atoms with Gasteiger partial charge in [-0.2, -0.15) is 0 Å². The van der Waals surface area contributed by atoms with Gasteiger partial charge in [-0.25, -0.2) is 12.1 Å². The molecule has 0 saturated heterocycles. The van der Waals surface area contributed by atoms with Crippen molar-refractivity contribution in [2.75, 3.05) is 0 Å². The zero-order valence-corrected chi connectivity index (χ0v) is 5.45. The van der Waals surface area contributed by atoms with E-state index in [1.54, 1.807) is 0 Å². The maximum atomic E-state index is 4.07. The first kappa shape index (κ1) is 5.31. The van der Waals surface area contributed by atoms with Crippen LogP contribution in [0.15, 0.2) is 12.7 Å². The molecule has 0 aromatic rings. The molecule has 0 heterocycles. The number of rotatable bonds is 2. The summed E-state index contributed by atoms with van der Waals surface area (Å²) in [7, 11) is -0.00965. The summed E-state index contributed by atoms with van der Waals surface area (Å²) in [6.45, 7) is 3.54. The van der Waals surface area contributed by atoms with Crippen LogP contribution in [0.4, 0.5) is 0 Å². The number of hydrogen-bond acceptors (Lipinski definition) is 1. The summed E-state index contributed by atoms with van der Waals surface area (Å²) in [6.07, 6.45) is 1.92. The molecule has 0 rings (SSSR count). The summed E-state index contributed by atoms with van der Waals surface area (Å²) in [6, 6.07) is 1.16. The molecule has 0 spiro atoms. The second-order valence-corrected chi connectivity index (χ2v) is 3.17. The van der Waals surface area contributed by atoms with Gasteiger partial charge in [-0.05, 0) is 6.04 Å². The van der Waals surface area contributed by atoms with Crippen molar-refractivity contribution in [3.8, 4) is 0 Å². The van der Waals surface area contributed by atoms with E-state index in [1.165, 1.54) is 0 Å². The highest BCUT2D eigenvalue weighted by molar-refractivity contribution is 8.06. The molecule has 0 aliphatic carbocycles. The van der Waals surface area contributed by atoms with Gasteiger partial charge in [-0.3, -0.25) is 0 Å². The third-order valence-corrected chi connectivity index (χ3v) is 1.77. The summed E-state index contributed by atoms with van der Waals surface area (Å²) in [5.74, 6) is 0. The number of thiol groups is 1. The highest BCUT2D eigenvalue weighted by Crippen LogP contribution is 1.77. The molecule has 0 radical (unpaired) electrons. The van der Waals surface area contributed by atoms with Crippen molar-refractivity contribution in [2.24, 2.45) is 0 Å². The minimum atomic E-state index is -0.00965. The van der Waals surface area contributed by atoms with Crippen LogP contribution in [-0.4, -0.2) is 8.67 Å². The van der Waals surface area contributed by atoms with Crippen LogP contribution in [0.5, 0.6) is 0 Å². The molecule has 0 fully saturated rings. The van der Waals surface area contributed by atoms with Gasteiger partial charge in [0.25, 0.3) is 0 Å². The van der Waals surface area contributed by atoms with Gasteiger partial charge in [0.2, 0.25) is 0 Å². The molecule has 5 heavy (non-hydrogen) atoms. The molecule has 0 atom stereocenters. The molecular weight excluding hydrogens is 96.2 g/mol. The summed E-state index contributed by atoms with van der Waals surface area (Å²) < 4.78 is 0. The molecule has 2 heteroatoms. The van der Waals surface area contributed by atoms with Crippen LogP contribution >= 0.6 is 12.1 Å². The van der Waals surface area contributed by atoms with Crippen LogP contribution in [0.3, 0.4) is 0 Å². The maximum absolute atomic E-state index is 4.07. The van der Waals surface area contributed by atoms with Crippen molar-refractivity contribution in [3.05, 3.63) is 12.7 Å². The minimum absolute atomic E-state index is 0.00965. The van der Waals surface area contributed by atoms with E-state index in [-0.39, 0.29) is 8.67 Å². The Morgan fingerprint density at radius 2 is 2.60 bits per heavy atom. The Labute approximate surface area is 40.2 Å². The molecule has 0 saturated carbocycles. The van der Waals surface area contributed by atoms with Crippen LogP contribution in [0.25, 0.3) is 0 Å². The second kappa shape index (κ2) is 4.31. The van der Waals surface area contributed by atoms with Crippen molar-refractivity contribution >= 4 is 20.7 Å². The lowest BCUT2D eigenvalue weighted by molar-refractivity contribution is 1.75. The molecule has 0 unspecified atom stereocenters. The van der Waals surface area contributed by atoms with Crippen LogP contribution < -0.4 is 0 Å². The Morgan fingerprint density at radius 3 is 2.60 bits per heavy atom. The minimum Gasteiger partial charge on any atom is -0.210 e. The van der Waals surface area contributed by atoms with E-state index < -0.39 is 0 Å². The van der Waals surface area contributed by atoms with E-state index in [4.69, 9.17) is 0 Å². The monoisotopic (exact) mass is 104 g/mol. The third kappa shape index (κ3) is 4.31. The van der Waals surface area contributed by atoms with Gasteiger partial charge in [-0.1, -0.05) is 6.08 Å². The quantitative estimate of drug-likeness (QED) is 0.296. The SMILES string of the molecule is C=CC[SiH2]S. The highest BCUT2D eigenvalue weighted by Gasteiger charge is 1.64. The predicted octanol–water partition coefficient (Wildman–Crippen LogP) is 0.604. The standard InChI is InChI=1S/C3H8SSi/c1-2-3-5-4/h2,4H,1,3,5H2. The first-order chi connectivity index (χ1) is 2.41. The van der Waals surface area contributed by atoms with Gasteiger partial charge < -0.3 is 0 Å². The van der Waals surface area contributed by atoms with Crippen LogP contribution in [-0.2, 0) is 0 Å². The van der Waals surface area contributed by atoms with E-state index in [2.05, 4.69) is 18.7 Å². The van der Waals surface area contributed by atoms with Crippen molar-refractivity contribution in [1.82, 2.24) is 0 Å². The molecule has 0 amide bonds. The third-order valence-electron chi connectivity index (χ3n) is 0.333. The van der Waals surface area contributed by atoms with Gasteiger partial charge in [0, 0.05) is 0 Å². The van der Waals surface area contributed by atoms with E-state index >= 15 is 0 Å². The summed E-state index contributed by atoms with van der Waals surface area (Å²) in [4.78, 5) is 0. The Kier molecular flexibility index (Phi) is 4.57. The zero-order valence-electron chi connectivity index (χ0n) is 3.15. The second-order valence-electron chi connectivity index (χ2n) is 0.801. The first-order valence-corrected chi connectivity index (χ1v) is 5.16. The smallest absolute Gasteiger partial charge is 0.0850 e. The highest BCUT2D eigenvalue weighted by atomic mass is 32.3. The summed E-state index contributed by atoms with van der Waals surface area (Å²) in [5, 5.41) is 0. The lowest BCUT2D eigenvalue weighted by atomic mass is 10.8. The Morgan fingerprint density at radius 1 is 2.00 bits per heavy atom. The van der Waals surface area contributed by atoms with E-state index in [0.29, 0.717) is 0 Å². The van der Waals surface area contributed by atoms with E-state index in [0.717, 1.165) is 6.04 Å². The van der Waals surface area contributed by atoms with Gasteiger partial charge in [0.1, 0.15) is 0 Å². The Bertz CT molecular complexity index is 28.1. The molecular formula is C3H8SSi. The van der Waals surface area contributed by atoms with E-state index in [1.807, 2.05) is 6.08 Å². The van der Waals surface area contributed by atoms with E-state index in [9.17, 15) is 0 Å². The maximum Gasteiger partial charge on any atom is 0.0850 e. The largest absolute Gasteiger partial charge is 0.210 e. The van der Waals surface area contributed by atoms with Crippen molar-refractivity contribution in [2.45, 2.75) is 6.04 Å². The molecule has 0 bridgehead atoms. The summed E-state index contributed by atoms with van der Waals surface area (Å²) >= 11 is 4.07. The first-order valence-electron chi connectivity index (χ1n) is 1.63. The van der Waals surface area contributed by atoms with Gasteiger partial charge in [0.05, 0.1) is 8.67 Å². The molecule has 0 aliphatic heterocycles. The average molecular weight is 104 g/mol. The molecule has 0 aromatic heterocycles. The van der Waals surface area contributed by atoms with Crippen molar-refractivity contribution in [1.29, 1.82) is 0 Å². The van der Waals surface area contributed by atoms with Crippen LogP contribution in [0.1, 0.15) is 0 Å². The average Bonchev–Trinajstić information content (AvgIpc) is 1.41. The molecule has 0 aromatic carbocycles. The zero-order chi connectivity index (χ0) is 4.12. The lowest BCUT2D eigenvalue weighted by Gasteiger charge is -1.70. The van der Waals surface area contributed by atoms with Gasteiger partial charge >= 0.3 is 0 Å². The van der Waals surface area contributed by atoms with Gasteiger partial charge in [0.15, 0.2) is 0 Å². The fourth-order valence-corrected chi connectivity index (χ4v) is 0.822. The lowest BCUT2D eigenvalue weighted by Crippen LogP contribution is -1.65. The molecule has 0 N–H and O–H groups in total. The fourth-order valence-electron chi connectivity index (χ4n) is 0.0913. The van der Waals surface area contributed by atoms with Crippen molar-refractivity contribution < 1.29 is 0 Å². The van der Waals surface area contributed by atoms with Gasteiger partial charge in [-0.15, -0.1) is 6.58 Å². The summed E-state index contributed by atoms with van der Waals surface area (Å²) in [5.41, 5.74) is 0. The number of hydrogen-bond donors (Lipinski definition) is 1. The molecule has 0 nitrogen and oxygen atoms in total. The fraction of sp³-hybridized carbons (Fsp3) is 0.333. The Hall–Kier alpha value is 0.307. The normalized spacial score (nSPS) is 9.80. The number of allylic oxidation sites excluding steroid dienone is 1.